The molecule has 108 valence electrons. The highest BCUT2D eigenvalue weighted by atomic mass is 16.5. The molecule has 0 saturated carbocycles. The van der Waals surface area contributed by atoms with Crippen molar-refractivity contribution in [3.63, 3.8) is 0 Å². The fourth-order valence-corrected chi connectivity index (χ4v) is 3.32. The van der Waals surface area contributed by atoms with Crippen LogP contribution in [0.4, 0.5) is 0 Å². The summed E-state index contributed by atoms with van der Waals surface area (Å²) in [5.74, 6) is 1.13. The minimum absolute atomic E-state index is 0.0289. The first kappa shape index (κ1) is 13.4. The van der Waals surface area contributed by atoms with Crippen LogP contribution in [0.15, 0.2) is 24.3 Å². The van der Waals surface area contributed by atoms with Gasteiger partial charge in [-0.25, -0.2) is 0 Å². The van der Waals surface area contributed by atoms with Crippen molar-refractivity contribution in [3.8, 4) is 5.75 Å². The van der Waals surface area contributed by atoms with Gasteiger partial charge in [0.05, 0.1) is 19.2 Å². The maximum atomic E-state index is 12.6. The van der Waals surface area contributed by atoms with Gasteiger partial charge in [0.1, 0.15) is 5.75 Å². The van der Waals surface area contributed by atoms with Crippen LogP contribution in [0, 0.1) is 0 Å². The van der Waals surface area contributed by atoms with Crippen molar-refractivity contribution in [1.82, 2.24) is 10.2 Å². The van der Waals surface area contributed by atoms with Gasteiger partial charge in [-0.1, -0.05) is 12.1 Å². The van der Waals surface area contributed by atoms with Crippen LogP contribution in [0.3, 0.4) is 0 Å². The van der Waals surface area contributed by atoms with E-state index in [-0.39, 0.29) is 18.0 Å². The van der Waals surface area contributed by atoms with Gasteiger partial charge >= 0.3 is 0 Å². The van der Waals surface area contributed by atoms with E-state index in [2.05, 4.69) is 22.3 Å². The standard InChI is InChI=1S/C16H22N2O2/c1-20-13-6-2-5-12(11-13)15-8-4-10-18(15)16(19)14-7-3-9-17-14/h2,5-6,11,14-15,17H,3-4,7-10H2,1H3. The molecule has 4 heteroatoms. The van der Waals surface area contributed by atoms with Gasteiger partial charge in [-0.15, -0.1) is 0 Å². The summed E-state index contributed by atoms with van der Waals surface area (Å²) in [6.07, 6.45) is 4.21. The number of carbonyl (C=O) groups is 1. The average Bonchev–Trinajstić information content (AvgIpc) is 3.17. The predicted molar refractivity (Wildman–Crippen MR) is 77.7 cm³/mol. The Bertz CT molecular complexity index is 483. The van der Waals surface area contributed by atoms with Crippen LogP contribution in [-0.4, -0.2) is 37.0 Å². The van der Waals surface area contributed by atoms with Gasteiger partial charge in [0, 0.05) is 6.54 Å². The van der Waals surface area contributed by atoms with Crippen LogP contribution >= 0.6 is 0 Å². The molecular formula is C16H22N2O2. The summed E-state index contributed by atoms with van der Waals surface area (Å²) in [5, 5.41) is 3.31. The number of nitrogens with zero attached hydrogens (tertiary/aromatic N) is 1. The van der Waals surface area contributed by atoms with E-state index >= 15 is 0 Å². The van der Waals surface area contributed by atoms with Gasteiger partial charge in [-0.3, -0.25) is 4.79 Å². The van der Waals surface area contributed by atoms with Crippen molar-refractivity contribution >= 4 is 5.91 Å². The molecule has 2 atom stereocenters. The third-order valence-corrected chi connectivity index (χ3v) is 4.37. The number of ether oxygens (including phenoxy) is 1. The summed E-state index contributed by atoms with van der Waals surface area (Å²) in [4.78, 5) is 14.7. The molecule has 0 radical (unpaired) electrons. The van der Waals surface area contributed by atoms with Crippen LogP contribution in [-0.2, 0) is 4.79 Å². The Balaban J connectivity index is 1.79. The van der Waals surface area contributed by atoms with Crippen molar-refractivity contribution in [2.75, 3.05) is 20.2 Å². The molecule has 0 spiro atoms. The predicted octanol–water partition coefficient (Wildman–Crippen LogP) is 2.11. The van der Waals surface area contributed by atoms with Crippen molar-refractivity contribution in [2.45, 2.75) is 37.8 Å². The van der Waals surface area contributed by atoms with E-state index in [9.17, 15) is 4.79 Å². The molecular weight excluding hydrogens is 252 g/mol. The largest absolute Gasteiger partial charge is 0.497 e. The van der Waals surface area contributed by atoms with Gasteiger partial charge in [0.25, 0.3) is 0 Å². The minimum Gasteiger partial charge on any atom is -0.497 e. The van der Waals surface area contributed by atoms with Crippen molar-refractivity contribution in [1.29, 1.82) is 0 Å². The second-order valence-electron chi connectivity index (χ2n) is 5.62. The zero-order chi connectivity index (χ0) is 13.9. The first-order valence-electron chi connectivity index (χ1n) is 7.47. The molecule has 0 bridgehead atoms. The van der Waals surface area contributed by atoms with Gasteiger partial charge in [-0.05, 0) is 49.9 Å². The Morgan fingerprint density at radius 2 is 2.25 bits per heavy atom. The quantitative estimate of drug-likeness (QED) is 0.918. The van der Waals surface area contributed by atoms with Crippen LogP contribution in [0.2, 0.25) is 0 Å². The number of rotatable bonds is 3. The molecule has 2 aliphatic heterocycles. The number of nitrogens with one attached hydrogen (secondary N) is 1. The molecule has 1 aromatic carbocycles. The average molecular weight is 274 g/mol. The molecule has 0 aromatic heterocycles. The van der Waals surface area contributed by atoms with E-state index in [1.807, 2.05) is 12.1 Å². The Morgan fingerprint density at radius 1 is 1.35 bits per heavy atom. The van der Waals surface area contributed by atoms with E-state index < -0.39 is 0 Å². The Labute approximate surface area is 120 Å². The molecule has 3 rings (SSSR count). The molecule has 1 amide bonds. The monoisotopic (exact) mass is 274 g/mol. The zero-order valence-electron chi connectivity index (χ0n) is 12.0. The topological polar surface area (TPSA) is 41.6 Å². The molecule has 0 aliphatic carbocycles. The Kier molecular flexibility index (Phi) is 3.92. The lowest BCUT2D eigenvalue weighted by Gasteiger charge is -2.28. The molecule has 2 fully saturated rings. The maximum Gasteiger partial charge on any atom is 0.240 e. The third kappa shape index (κ3) is 2.52. The first-order chi connectivity index (χ1) is 9.79. The van der Waals surface area contributed by atoms with Crippen molar-refractivity contribution in [3.05, 3.63) is 29.8 Å². The second kappa shape index (κ2) is 5.83. The molecule has 1 aromatic rings. The van der Waals surface area contributed by atoms with Crippen LogP contribution in [0.5, 0.6) is 5.75 Å². The summed E-state index contributed by atoms with van der Waals surface area (Å²) in [7, 11) is 1.68. The summed E-state index contributed by atoms with van der Waals surface area (Å²) >= 11 is 0. The molecule has 1 N–H and O–H groups in total. The van der Waals surface area contributed by atoms with E-state index in [1.54, 1.807) is 7.11 Å². The number of hydrogen-bond donors (Lipinski definition) is 1. The fraction of sp³-hybridized carbons (Fsp3) is 0.562. The normalized spacial score (nSPS) is 25.9. The van der Waals surface area contributed by atoms with Crippen molar-refractivity contribution in [2.24, 2.45) is 0 Å². The van der Waals surface area contributed by atoms with Crippen LogP contribution < -0.4 is 10.1 Å². The molecule has 4 nitrogen and oxygen atoms in total. The Hall–Kier alpha value is -1.55. The lowest BCUT2D eigenvalue weighted by molar-refractivity contribution is -0.134. The van der Waals surface area contributed by atoms with Crippen LogP contribution in [0.25, 0.3) is 0 Å². The number of methoxy groups -OCH3 is 1. The van der Waals surface area contributed by atoms with E-state index in [0.717, 1.165) is 44.5 Å². The third-order valence-electron chi connectivity index (χ3n) is 4.37. The lowest BCUT2D eigenvalue weighted by Crippen LogP contribution is -2.43. The van der Waals surface area contributed by atoms with Gasteiger partial charge in [-0.2, -0.15) is 0 Å². The smallest absolute Gasteiger partial charge is 0.240 e. The maximum absolute atomic E-state index is 12.6. The number of likely N-dealkylation sites (tertiary alicyclic amines) is 1. The number of amides is 1. The SMILES string of the molecule is COc1cccc(C2CCCN2C(=O)C2CCCN2)c1. The lowest BCUT2D eigenvalue weighted by atomic mass is 10.0. The van der Waals surface area contributed by atoms with E-state index in [0.29, 0.717) is 0 Å². The highest BCUT2D eigenvalue weighted by Crippen LogP contribution is 2.34. The zero-order valence-corrected chi connectivity index (χ0v) is 12.0. The van der Waals surface area contributed by atoms with E-state index in [1.165, 1.54) is 5.56 Å². The van der Waals surface area contributed by atoms with Crippen molar-refractivity contribution < 1.29 is 9.53 Å². The second-order valence-corrected chi connectivity index (χ2v) is 5.62. The molecule has 2 unspecified atom stereocenters. The summed E-state index contributed by atoms with van der Waals surface area (Å²) < 4.78 is 5.29. The number of hydrogen-bond acceptors (Lipinski definition) is 3. The minimum atomic E-state index is 0.0289. The number of carbonyl (C=O) groups excluding carboxylic acids is 1. The molecule has 2 heterocycles. The highest BCUT2D eigenvalue weighted by molar-refractivity contribution is 5.83. The fourth-order valence-electron chi connectivity index (χ4n) is 3.32. The first-order valence-corrected chi connectivity index (χ1v) is 7.47. The van der Waals surface area contributed by atoms with Gasteiger partial charge in [0.2, 0.25) is 5.91 Å². The van der Waals surface area contributed by atoms with E-state index in [4.69, 9.17) is 4.74 Å². The van der Waals surface area contributed by atoms with Crippen LogP contribution in [0.1, 0.15) is 37.3 Å². The number of benzene rings is 1. The van der Waals surface area contributed by atoms with Gasteiger partial charge < -0.3 is 15.0 Å². The molecule has 20 heavy (non-hydrogen) atoms. The molecule has 2 saturated heterocycles. The highest BCUT2D eigenvalue weighted by Gasteiger charge is 2.34. The Morgan fingerprint density at radius 3 is 3.00 bits per heavy atom. The summed E-state index contributed by atoms with van der Waals surface area (Å²) in [6.45, 7) is 1.84. The summed E-state index contributed by atoms with van der Waals surface area (Å²) in [5.41, 5.74) is 1.19. The van der Waals surface area contributed by atoms with Gasteiger partial charge in [0.15, 0.2) is 0 Å². The molecule has 2 aliphatic rings. The summed E-state index contributed by atoms with van der Waals surface area (Å²) in [6, 6.07) is 8.34.